The van der Waals surface area contributed by atoms with E-state index in [1.807, 2.05) is 6.07 Å². The van der Waals surface area contributed by atoms with Gasteiger partial charge in [0.15, 0.2) is 0 Å². The Bertz CT molecular complexity index is 828. The molecule has 0 amide bonds. The first-order valence-electron chi connectivity index (χ1n) is 9.42. The van der Waals surface area contributed by atoms with E-state index in [1.165, 1.54) is 12.8 Å². The van der Waals surface area contributed by atoms with Gasteiger partial charge in [0.1, 0.15) is 11.6 Å². The Labute approximate surface area is 161 Å². The molecule has 0 atom stereocenters. The lowest BCUT2D eigenvalue weighted by Crippen LogP contribution is -2.15. The zero-order valence-electron chi connectivity index (χ0n) is 15.8. The number of benzene rings is 1. The summed E-state index contributed by atoms with van der Waals surface area (Å²) < 4.78 is 33.5. The highest BCUT2D eigenvalue weighted by atomic mass is 32.2. The molecular weight excluding hydrogens is 362 g/mol. The van der Waals surface area contributed by atoms with Gasteiger partial charge in [-0.3, -0.25) is 4.72 Å². The average molecular weight is 390 g/mol. The first-order valence-corrected chi connectivity index (χ1v) is 10.9. The lowest BCUT2D eigenvalue weighted by Gasteiger charge is -2.13. The predicted octanol–water partition coefficient (Wildman–Crippen LogP) is 4.27. The molecule has 146 valence electrons. The van der Waals surface area contributed by atoms with E-state index in [2.05, 4.69) is 28.9 Å². The molecule has 0 spiro atoms. The van der Waals surface area contributed by atoms with Gasteiger partial charge >= 0.3 is 0 Å². The number of rotatable bonds is 8. The third kappa shape index (κ3) is 5.60. The summed E-state index contributed by atoms with van der Waals surface area (Å²) in [5.41, 5.74) is 0.861. The van der Waals surface area contributed by atoms with Gasteiger partial charge in [-0.1, -0.05) is 13.8 Å². The van der Waals surface area contributed by atoms with Crippen LogP contribution in [-0.4, -0.2) is 26.1 Å². The summed E-state index contributed by atoms with van der Waals surface area (Å²) in [4.78, 5) is 4.36. The van der Waals surface area contributed by atoms with Crippen LogP contribution in [0.1, 0.15) is 39.5 Å². The summed E-state index contributed by atoms with van der Waals surface area (Å²) in [5, 5.41) is 3.25. The molecule has 6 nitrogen and oxygen atoms in total. The highest BCUT2D eigenvalue weighted by Crippen LogP contribution is 2.25. The van der Waals surface area contributed by atoms with Gasteiger partial charge in [0.05, 0.1) is 22.9 Å². The van der Waals surface area contributed by atoms with Crippen molar-refractivity contribution in [1.29, 1.82) is 0 Å². The van der Waals surface area contributed by atoms with Crippen molar-refractivity contribution in [3.63, 3.8) is 0 Å². The van der Waals surface area contributed by atoms with Crippen molar-refractivity contribution in [3.05, 3.63) is 42.6 Å². The van der Waals surface area contributed by atoms with Gasteiger partial charge < -0.3 is 10.1 Å². The summed E-state index contributed by atoms with van der Waals surface area (Å²) in [7, 11) is -3.68. The number of hydrogen-bond donors (Lipinski definition) is 2. The van der Waals surface area contributed by atoms with E-state index in [0.717, 1.165) is 25.1 Å². The van der Waals surface area contributed by atoms with Gasteiger partial charge in [-0.25, -0.2) is 13.4 Å². The molecule has 1 aromatic carbocycles. The SMILES string of the molecule is CC(C)CNc1ccc(NS(=O)(=O)c2ccc(OC3CCCC3)cc2)nc1. The third-order valence-electron chi connectivity index (χ3n) is 4.46. The van der Waals surface area contributed by atoms with Gasteiger partial charge in [0.2, 0.25) is 0 Å². The highest BCUT2D eigenvalue weighted by Gasteiger charge is 2.18. The molecule has 2 N–H and O–H groups in total. The second-order valence-electron chi connectivity index (χ2n) is 7.31. The molecule has 0 bridgehead atoms. The van der Waals surface area contributed by atoms with Crippen molar-refractivity contribution in [2.75, 3.05) is 16.6 Å². The van der Waals surface area contributed by atoms with Crippen LogP contribution in [0.5, 0.6) is 5.75 Å². The number of aromatic nitrogens is 1. The topological polar surface area (TPSA) is 80.3 Å². The summed E-state index contributed by atoms with van der Waals surface area (Å²) in [6, 6.07) is 10.00. The maximum atomic E-state index is 12.5. The Morgan fingerprint density at radius 3 is 2.41 bits per heavy atom. The van der Waals surface area contributed by atoms with Crippen LogP contribution in [0.15, 0.2) is 47.5 Å². The Morgan fingerprint density at radius 2 is 1.81 bits per heavy atom. The Balaban J connectivity index is 1.61. The zero-order valence-corrected chi connectivity index (χ0v) is 16.6. The van der Waals surface area contributed by atoms with Gasteiger partial charge in [0, 0.05) is 6.54 Å². The molecule has 0 unspecified atom stereocenters. The smallest absolute Gasteiger partial charge is 0.263 e. The average Bonchev–Trinajstić information content (AvgIpc) is 3.14. The number of ether oxygens (including phenoxy) is 1. The zero-order chi connectivity index (χ0) is 19.3. The van der Waals surface area contributed by atoms with E-state index < -0.39 is 10.0 Å². The fourth-order valence-electron chi connectivity index (χ4n) is 2.97. The second kappa shape index (κ2) is 8.61. The number of nitrogens with one attached hydrogen (secondary N) is 2. The molecule has 1 aliphatic rings. The number of hydrogen-bond acceptors (Lipinski definition) is 5. The molecule has 1 aromatic heterocycles. The van der Waals surface area contributed by atoms with Crippen molar-refractivity contribution in [2.24, 2.45) is 5.92 Å². The molecule has 1 aliphatic carbocycles. The number of nitrogens with zero attached hydrogens (tertiary/aromatic N) is 1. The molecule has 0 aliphatic heterocycles. The third-order valence-corrected chi connectivity index (χ3v) is 5.83. The molecule has 27 heavy (non-hydrogen) atoms. The summed E-state index contributed by atoms with van der Waals surface area (Å²) in [6.45, 7) is 5.07. The second-order valence-corrected chi connectivity index (χ2v) is 8.99. The molecule has 0 saturated heterocycles. The minimum Gasteiger partial charge on any atom is -0.490 e. The normalized spacial score (nSPS) is 15.1. The molecule has 1 fully saturated rings. The van der Waals surface area contributed by atoms with Crippen LogP contribution in [0.2, 0.25) is 0 Å². The highest BCUT2D eigenvalue weighted by molar-refractivity contribution is 7.92. The molecular formula is C20H27N3O3S. The first-order chi connectivity index (χ1) is 12.9. The molecule has 1 saturated carbocycles. The number of pyridine rings is 1. The Kier molecular flexibility index (Phi) is 6.21. The van der Waals surface area contributed by atoms with Crippen LogP contribution in [0.3, 0.4) is 0 Å². The predicted molar refractivity (Wildman–Crippen MR) is 108 cm³/mol. The summed E-state index contributed by atoms with van der Waals surface area (Å²) >= 11 is 0. The molecule has 0 radical (unpaired) electrons. The fraction of sp³-hybridized carbons (Fsp3) is 0.450. The number of sulfonamides is 1. The maximum absolute atomic E-state index is 12.5. The van der Waals surface area contributed by atoms with Crippen molar-refractivity contribution >= 4 is 21.5 Å². The van der Waals surface area contributed by atoms with E-state index in [1.54, 1.807) is 36.5 Å². The van der Waals surface area contributed by atoms with Crippen molar-refractivity contribution in [1.82, 2.24) is 4.98 Å². The largest absolute Gasteiger partial charge is 0.490 e. The van der Waals surface area contributed by atoms with Gasteiger partial charge in [-0.2, -0.15) is 0 Å². The fourth-order valence-corrected chi connectivity index (χ4v) is 3.98. The van der Waals surface area contributed by atoms with Crippen LogP contribution >= 0.6 is 0 Å². The van der Waals surface area contributed by atoms with E-state index in [-0.39, 0.29) is 16.8 Å². The number of anilines is 2. The van der Waals surface area contributed by atoms with Crippen LogP contribution in [0.4, 0.5) is 11.5 Å². The summed E-state index contributed by atoms with van der Waals surface area (Å²) in [5.74, 6) is 1.51. The Hall–Kier alpha value is -2.28. The van der Waals surface area contributed by atoms with Crippen molar-refractivity contribution in [3.8, 4) is 5.75 Å². The first kappa shape index (κ1) is 19.5. The lowest BCUT2D eigenvalue weighted by molar-refractivity contribution is 0.210. The molecule has 7 heteroatoms. The van der Waals surface area contributed by atoms with E-state index >= 15 is 0 Å². The van der Waals surface area contributed by atoms with Crippen LogP contribution in [-0.2, 0) is 10.0 Å². The monoisotopic (exact) mass is 389 g/mol. The lowest BCUT2D eigenvalue weighted by atomic mass is 10.2. The minimum absolute atomic E-state index is 0.185. The van der Waals surface area contributed by atoms with Crippen molar-refractivity contribution < 1.29 is 13.2 Å². The molecule has 1 heterocycles. The molecule has 3 rings (SSSR count). The standard InChI is InChI=1S/C20H27N3O3S/c1-15(2)13-21-16-7-12-20(22-14-16)23-27(24,25)19-10-8-18(9-11-19)26-17-5-3-4-6-17/h7-12,14-15,17,21H,3-6,13H2,1-2H3,(H,22,23). The summed E-state index contributed by atoms with van der Waals surface area (Å²) in [6.07, 6.45) is 6.39. The van der Waals surface area contributed by atoms with Crippen LogP contribution in [0.25, 0.3) is 0 Å². The quantitative estimate of drug-likeness (QED) is 0.705. The van der Waals surface area contributed by atoms with Gasteiger partial charge in [-0.15, -0.1) is 0 Å². The van der Waals surface area contributed by atoms with Gasteiger partial charge in [-0.05, 0) is 68.0 Å². The molecule has 2 aromatic rings. The van der Waals surface area contributed by atoms with Crippen LogP contribution in [0, 0.1) is 5.92 Å². The van der Waals surface area contributed by atoms with Crippen LogP contribution < -0.4 is 14.8 Å². The van der Waals surface area contributed by atoms with E-state index in [9.17, 15) is 8.42 Å². The van der Waals surface area contributed by atoms with Gasteiger partial charge in [0.25, 0.3) is 10.0 Å². The Morgan fingerprint density at radius 1 is 1.11 bits per heavy atom. The van der Waals surface area contributed by atoms with E-state index in [4.69, 9.17) is 4.74 Å². The minimum atomic E-state index is -3.68. The maximum Gasteiger partial charge on any atom is 0.263 e. The van der Waals surface area contributed by atoms with E-state index in [0.29, 0.717) is 11.7 Å². The van der Waals surface area contributed by atoms with Crippen molar-refractivity contribution in [2.45, 2.75) is 50.5 Å².